The Bertz CT molecular complexity index is 592. The van der Waals surface area contributed by atoms with Crippen LogP contribution in [0.15, 0.2) is 40.9 Å². The van der Waals surface area contributed by atoms with Crippen LogP contribution in [0, 0.1) is 5.82 Å². The number of halogens is 3. The molecule has 0 aliphatic heterocycles. The molecule has 19 heavy (non-hydrogen) atoms. The normalized spacial score (nSPS) is 10.5. The maximum atomic E-state index is 13.6. The third-order valence-electron chi connectivity index (χ3n) is 2.65. The Kier molecular flexibility index (Phi) is 4.80. The summed E-state index contributed by atoms with van der Waals surface area (Å²) in [7, 11) is 0. The lowest BCUT2D eigenvalue weighted by molar-refractivity contribution is 0.299. The Morgan fingerprint density at radius 3 is 2.63 bits per heavy atom. The highest BCUT2D eigenvalue weighted by Crippen LogP contribution is 2.23. The Balaban J connectivity index is 2.10. The molecule has 0 amide bonds. The monoisotopic (exact) mass is 343 g/mol. The number of hydrogen-bond donors (Lipinski definition) is 1. The van der Waals surface area contributed by atoms with Crippen molar-refractivity contribution in [2.75, 3.05) is 0 Å². The van der Waals surface area contributed by atoms with E-state index in [1.165, 1.54) is 6.07 Å². The molecule has 2 aromatic rings. The van der Waals surface area contributed by atoms with Gasteiger partial charge in [0.2, 0.25) is 0 Å². The molecule has 0 atom stereocenters. The molecule has 2 rings (SSSR count). The first kappa shape index (κ1) is 14.3. The molecule has 0 spiro atoms. The summed E-state index contributed by atoms with van der Waals surface area (Å²) < 4.78 is 20.1. The van der Waals surface area contributed by atoms with Crippen molar-refractivity contribution in [2.45, 2.75) is 13.2 Å². The Labute approximate surface area is 124 Å². The molecule has 0 unspecified atom stereocenters. The first-order valence-corrected chi connectivity index (χ1v) is 6.82. The predicted molar refractivity (Wildman–Crippen MR) is 77.8 cm³/mol. The molecule has 0 radical (unpaired) electrons. The molecule has 100 valence electrons. The molecule has 2 aromatic carbocycles. The fraction of sp³-hybridized carbons (Fsp3) is 0.143. The van der Waals surface area contributed by atoms with Crippen molar-refractivity contribution in [3.63, 3.8) is 0 Å². The van der Waals surface area contributed by atoms with E-state index in [4.69, 9.17) is 22.1 Å². The number of benzene rings is 2. The average Bonchev–Trinajstić information content (AvgIpc) is 2.39. The van der Waals surface area contributed by atoms with Crippen LogP contribution in [0.5, 0.6) is 5.75 Å². The molecule has 2 N–H and O–H groups in total. The van der Waals surface area contributed by atoms with Crippen molar-refractivity contribution >= 4 is 27.5 Å². The van der Waals surface area contributed by atoms with E-state index in [1.807, 2.05) is 12.1 Å². The van der Waals surface area contributed by atoms with E-state index in [9.17, 15) is 4.39 Å². The predicted octanol–water partition coefficient (Wildman–Crippen LogP) is 4.28. The third kappa shape index (κ3) is 3.69. The summed E-state index contributed by atoms with van der Waals surface area (Å²) >= 11 is 9.09. The Hall–Kier alpha value is -1.10. The van der Waals surface area contributed by atoms with Crippen LogP contribution in [0.3, 0.4) is 0 Å². The average molecular weight is 345 g/mol. The van der Waals surface area contributed by atoms with Crippen LogP contribution >= 0.6 is 27.5 Å². The van der Waals surface area contributed by atoms with E-state index in [-0.39, 0.29) is 12.4 Å². The zero-order valence-electron chi connectivity index (χ0n) is 10.00. The van der Waals surface area contributed by atoms with E-state index in [0.717, 1.165) is 10.0 Å². The van der Waals surface area contributed by atoms with Gasteiger partial charge >= 0.3 is 0 Å². The van der Waals surface area contributed by atoms with E-state index in [1.54, 1.807) is 18.2 Å². The van der Waals surface area contributed by atoms with E-state index in [0.29, 0.717) is 22.9 Å². The first-order chi connectivity index (χ1) is 9.10. The third-order valence-corrected chi connectivity index (χ3v) is 3.66. The lowest BCUT2D eigenvalue weighted by atomic mass is 10.2. The highest BCUT2D eigenvalue weighted by molar-refractivity contribution is 9.10. The maximum absolute atomic E-state index is 13.6. The molecule has 2 nitrogen and oxygen atoms in total. The van der Waals surface area contributed by atoms with E-state index < -0.39 is 0 Å². The minimum Gasteiger partial charge on any atom is -0.489 e. The molecule has 0 bridgehead atoms. The van der Waals surface area contributed by atoms with Gasteiger partial charge in [-0.25, -0.2) is 4.39 Å². The van der Waals surface area contributed by atoms with Crippen LogP contribution < -0.4 is 10.5 Å². The van der Waals surface area contributed by atoms with Gasteiger partial charge in [-0.2, -0.15) is 0 Å². The summed E-state index contributed by atoms with van der Waals surface area (Å²) in [5.41, 5.74) is 7.01. The topological polar surface area (TPSA) is 35.2 Å². The lowest BCUT2D eigenvalue weighted by Crippen LogP contribution is -2.01. The quantitative estimate of drug-likeness (QED) is 0.898. The number of rotatable bonds is 4. The highest BCUT2D eigenvalue weighted by atomic mass is 79.9. The fourth-order valence-electron chi connectivity index (χ4n) is 1.60. The minimum atomic E-state index is -0.372. The van der Waals surface area contributed by atoms with Crippen LogP contribution in [0.2, 0.25) is 5.02 Å². The van der Waals surface area contributed by atoms with Crippen LogP contribution in [0.1, 0.15) is 11.1 Å². The molecule has 0 aliphatic carbocycles. The van der Waals surface area contributed by atoms with Crippen LogP contribution in [-0.2, 0) is 13.2 Å². The van der Waals surface area contributed by atoms with Crippen LogP contribution in [0.25, 0.3) is 0 Å². The number of ether oxygens (including phenoxy) is 1. The van der Waals surface area contributed by atoms with Gasteiger partial charge in [0.15, 0.2) is 0 Å². The van der Waals surface area contributed by atoms with Gasteiger partial charge in [0.05, 0.1) is 0 Å². The number of hydrogen-bond acceptors (Lipinski definition) is 2. The maximum Gasteiger partial charge on any atom is 0.131 e. The second-order valence-electron chi connectivity index (χ2n) is 3.98. The molecular weight excluding hydrogens is 333 g/mol. The van der Waals surface area contributed by atoms with E-state index in [2.05, 4.69) is 15.9 Å². The summed E-state index contributed by atoms with van der Waals surface area (Å²) in [6, 6.07) is 10.0. The van der Waals surface area contributed by atoms with Crippen LogP contribution in [-0.4, -0.2) is 0 Å². The SMILES string of the molecule is NCc1cc(OCc2ccc(Cl)cc2F)ccc1Br. The van der Waals surface area contributed by atoms with Gasteiger partial charge in [0, 0.05) is 21.6 Å². The van der Waals surface area contributed by atoms with Crippen molar-refractivity contribution in [2.24, 2.45) is 5.73 Å². The van der Waals surface area contributed by atoms with Gasteiger partial charge in [0.1, 0.15) is 18.2 Å². The lowest BCUT2D eigenvalue weighted by Gasteiger charge is -2.09. The van der Waals surface area contributed by atoms with Gasteiger partial charge in [-0.15, -0.1) is 0 Å². The first-order valence-electron chi connectivity index (χ1n) is 5.65. The van der Waals surface area contributed by atoms with Gasteiger partial charge in [-0.3, -0.25) is 0 Å². The number of nitrogens with two attached hydrogens (primary N) is 1. The molecule has 0 aliphatic rings. The molecule has 5 heteroatoms. The van der Waals surface area contributed by atoms with Crippen molar-refractivity contribution in [1.82, 2.24) is 0 Å². The fourth-order valence-corrected chi connectivity index (χ4v) is 2.16. The smallest absolute Gasteiger partial charge is 0.131 e. The molecule has 0 saturated carbocycles. The zero-order valence-corrected chi connectivity index (χ0v) is 12.3. The van der Waals surface area contributed by atoms with Gasteiger partial charge in [-0.05, 0) is 35.9 Å². The van der Waals surface area contributed by atoms with Crippen LogP contribution in [0.4, 0.5) is 4.39 Å². The largest absolute Gasteiger partial charge is 0.489 e. The molecule has 0 saturated heterocycles. The molecular formula is C14H12BrClFNO. The standard InChI is InChI=1S/C14H12BrClFNO/c15-13-4-3-12(5-10(13)7-18)19-8-9-1-2-11(16)6-14(9)17/h1-6H,7-8,18H2. The minimum absolute atomic E-state index is 0.147. The van der Waals surface area contributed by atoms with Crippen molar-refractivity contribution in [1.29, 1.82) is 0 Å². The summed E-state index contributed by atoms with van der Waals surface area (Å²) in [6.45, 7) is 0.557. The van der Waals surface area contributed by atoms with Gasteiger partial charge < -0.3 is 10.5 Å². The summed E-state index contributed by atoms with van der Waals surface area (Å²) in [5.74, 6) is 0.279. The van der Waals surface area contributed by atoms with E-state index >= 15 is 0 Å². The molecule has 0 aromatic heterocycles. The van der Waals surface area contributed by atoms with Crippen molar-refractivity contribution in [3.8, 4) is 5.75 Å². The second-order valence-corrected chi connectivity index (χ2v) is 5.27. The van der Waals surface area contributed by atoms with Crippen molar-refractivity contribution in [3.05, 3.63) is 62.8 Å². The summed E-state index contributed by atoms with van der Waals surface area (Å²) in [5, 5.41) is 0.371. The second kappa shape index (κ2) is 6.37. The van der Waals surface area contributed by atoms with Gasteiger partial charge in [0.25, 0.3) is 0 Å². The van der Waals surface area contributed by atoms with Crippen molar-refractivity contribution < 1.29 is 9.13 Å². The summed E-state index contributed by atoms with van der Waals surface area (Å²) in [6.07, 6.45) is 0. The molecule has 0 fully saturated rings. The highest BCUT2D eigenvalue weighted by Gasteiger charge is 2.05. The molecule has 0 heterocycles. The summed E-state index contributed by atoms with van der Waals surface area (Å²) in [4.78, 5) is 0. The Morgan fingerprint density at radius 1 is 1.16 bits per heavy atom. The Morgan fingerprint density at radius 2 is 1.95 bits per heavy atom. The van der Waals surface area contributed by atoms with Gasteiger partial charge in [-0.1, -0.05) is 33.6 Å². The zero-order chi connectivity index (χ0) is 13.8.